The Kier molecular flexibility index (Phi) is 6.82. The van der Waals surface area contributed by atoms with Crippen LogP contribution in [0.3, 0.4) is 0 Å². The predicted molar refractivity (Wildman–Crippen MR) is 126 cm³/mol. The molecule has 1 N–H and O–H groups in total. The summed E-state index contributed by atoms with van der Waals surface area (Å²) in [7, 11) is 0. The lowest BCUT2D eigenvalue weighted by Gasteiger charge is -2.41. The molecule has 33 heavy (non-hydrogen) atoms. The maximum Gasteiger partial charge on any atom is 0.253 e. The Bertz CT molecular complexity index is 1110. The molecule has 0 aliphatic carbocycles. The molecule has 3 aromatic rings. The van der Waals surface area contributed by atoms with Gasteiger partial charge >= 0.3 is 0 Å². The number of hydrogen-bond acceptors (Lipinski definition) is 3. The first-order valence-electron chi connectivity index (χ1n) is 11.3. The minimum absolute atomic E-state index is 0.0270. The van der Waals surface area contributed by atoms with Crippen LogP contribution in [0.1, 0.15) is 35.7 Å². The fourth-order valence-electron chi connectivity index (χ4n) is 4.54. The maximum absolute atomic E-state index is 14.1. The van der Waals surface area contributed by atoms with Gasteiger partial charge in [-0.15, -0.1) is 0 Å². The number of halogens is 1. The highest BCUT2D eigenvalue weighted by Gasteiger charge is 2.42. The fraction of sp³-hybridized carbons (Fsp3) is 0.296. The zero-order valence-electron chi connectivity index (χ0n) is 18.8. The molecule has 2 amide bonds. The standard InChI is InChI=1S/C27H28FN3O2/c1-2-30-26(33)27(13-17-31(18-14-27)25(32)22-11-15-29-16-12-22)19-20-7-9-21(10-8-20)23-5-3-4-6-24(23)28/h3-12,15-16H,2,13-14,17-19H2,1H3,(H,30,33). The van der Waals surface area contributed by atoms with Crippen molar-refractivity contribution < 1.29 is 14.0 Å². The SMILES string of the molecule is CCNC(=O)C1(Cc2ccc(-c3ccccc3F)cc2)CCN(C(=O)c2ccncc2)CC1. The summed E-state index contributed by atoms with van der Waals surface area (Å²) in [5.41, 5.74) is 2.42. The third-order valence-corrected chi connectivity index (χ3v) is 6.44. The van der Waals surface area contributed by atoms with Gasteiger partial charge in [0.05, 0.1) is 5.41 Å². The summed E-state index contributed by atoms with van der Waals surface area (Å²) in [6, 6.07) is 17.9. The van der Waals surface area contributed by atoms with Gasteiger partial charge < -0.3 is 10.2 Å². The monoisotopic (exact) mass is 445 g/mol. The topological polar surface area (TPSA) is 62.3 Å². The summed E-state index contributed by atoms with van der Waals surface area (Å²) in [4.78, 5) is 31.7. The Morgan fingerprint density at radius 1 is 1.00 bits per heavy atom. The van der Waals surface area contributed by atoms with Crippen LogP contribution in [0.25, 0.3) is 11.1 Å². The fourth-order valence-corrected chi connectivity index (χ4v) is 4.54. The van der Waals surface area contributed by atoms with Gasteiger partial charge in [0.2, 0.25) is 5.91 Å². The lowest BCUT2D eigenvalue weighted by molar-refractivity contribution is -0.133. The number of likely N-dealkylation sites (tertiary alicyclic amines) is 1. The Balaban J connectivity index is 1.51. The summed E-state index contributed by atoms with van der Waals surface area (Å²) in [5, 5.41) is 3.00. The molecule has 1 fully saturated rings. The van der Waals surface area contributed by atoms with E-state index in [0.717, 1.165) is 11.1 Å². The molecule has 0 unspecified atom stereocenters. The molecule has 1 aromatic heterocycles. The Labute approximate surface area is 193 Å². The molecule has 1 aliphatic heterocycles. The number of hydrogen-bond donors (Lipinski definition) is 1. The van der Waals surface area contributed by atoms with Crippen LogP contribution in [0.15, 0.2) is 73.1 Å². The summed E-state index contributed by atoms with van der Waals surface area (Å²) in [5.74, 6) is -0.259. The van der Waals surface area contributed by atoms with Gasteiger partial charge in [-0.2, -0.15) is 0 Å². The van der Waals surface area contributed by atoms with Crippen molar-refractivity contribution >= 4 is 11.8 Å². The number of carbonyl (C=O) groups excluding carboxylic acids is 2. The molecule has 2 heterocycles. The predicted octanol–water partition coefficient (Wildman–Crippen LogP) is 4.49. The third kappa shape index (κ3) is 4.95. The Morgan fingerprint density at radius 2 is 1.67 bits per heavy atom. The number of piperidine rings is 1. The van der Waals surface area contributed by atoms with Crippen LogP contribution < -0.4 is 5.32 Å². The lowest BCUT2D eigenvalue weighted by atomic mass is 9.72. The molecule has 1 aliphatic rings. The molecule has 0 bridgehead atoms. The smallest absolute Gasteiger partial charge is 0.253 e. The molecule has 6 heteroatoms. The van der Waals surface area contributed by atoms with Crippen molar-refractivity contribution in [2.24, 2.45) is 5.41 Å². The summed E-state index contributed by atoms with van der Waals surface area (Å²) < 4.78 is 14.1. The van der Waals surface area contributed by atoms with Gasteiger partial charge in [0.15, 0.2) is 0 Å². The molecular weight excluding hydrogens is 417 g/mol. The third-order valence-electron chi connectivity index (χ3n) is 6.44. The zero-order chi connectivity index (χ0) is 23.3. The molecule has 0 radical (unpaired) electrons. The van der Waals surface area contributed by atoms with Gasteiger partial charge in [-0.3, -0.25) is 14.6 Å². The van der Waals surface area contributed by atoms with Crippen LogP contribution >= 0.6 is 0 Å². The van der Waals surface area contributed by atoms with Crippen molar-refractivity contribution in [1.82, 2.24) is 15.2 Å². The first-order chi connectivity index (χ1) is 16.0. The summed E-state index contributed by atoms with van der Waals surface area (Å²) in [6.07, 6.45) is 4.98. The largest absolute Gasteiger partial charge is 0.356 e. The van der Waals surface area contributed by atoms with Gasteiger partial charge in [0.25, 0.3) is 5.91 Å². The molecule has 0 spiro atoms. The number of benzene rings is 2. The van der Waals surface area contributed by atoms with E-state index in [-0.39, 0.29) is 17.6 Å². The summed E-state index contributed by atoms with van der Waals surface area (Å²) >= 11 is 0. The summed E-state index contributed by atoms with van der Waals surface area (Å²) in [6.45, 7) is 3.51. The quantitative estimate of drug-likeness (QED) is 0.608. The molecule has 1 saturated heterocycles. The van der Waals surface area contributed by atoms with Gasteiger partial charge in [-0.1, -0.05) is 42.5 Å². The zero-order valence-corrected chi connectivity index (χ0v) is 18.8. The number of carbonyl (C=O) groups is 2. The van der Waals surface area contributed by atoms with E-state index in [9.17, 15) is 14.0 Å². The van der Waals surface area contributed by atoms with Crippen molar-refractivity contribution in [1.29, 1.82) is 0 Å². The molecule has 0 saturated carbocycles. The second kappa shape index (κ2) is 9.94. The van der Waals surface area contributed by atoms with E-state index in [1.165, 1.54) is 6.07 Å². The molecule has 170 valence electrons. The van der Waals surface area contributed by atoms with E-state index in [0.29, 0.717) is 50.0 Å². The van der Waals surface area contributed by atoms with E-state index in [4.69, 9.17) is 0 Å². The first kappa shape index (κ1) is 22.6. The van der Waals surface area contributed by atoms with Crippen molar-refractivity contribution in [3.63, 3.8) is 0 Å². The first-order valence-corrected chi connectivity index (χ1v) is 11.3. The minimum atomic E-state index is -0.579. The van der Waals surface area contributed by atoms with Gasteiger partial charge in [0, 0.05) is 43.2 Å². The van der Waals surface area contributed by atoms with E-state index in [1.54, 1.807) is 36.7 Å². The molecule has 5 nitrogen and oxygen atoms in total. The van der Waals surface area contributed by atoms with Crippen LogP contribution in [0, 0.1) is 11.2 Å². The highest BCUT2D eigenvalue weighted by molar-refractivity contribution is 5.94. The van der Waals surface area contributed by atoms with Crippen LogP contribution in [0.2, 0.25) is 0 Å². The minimum Gasteiger partial charge on any atom is -0.356 e. The van der Waals surface area contributed by atoms with Crippen LogP contribution in [0.5, 0.6) is 0 Å². The van der Waals surface area contributed by atoms with Crippen LogP contribution in [0.4, 0.5) is 4.39 Å². The molecule has 0 atom stereocenters. The number of nitrogens with zero attached hydrogens (tertiary/aromatic N) is 2. The van der Waals surface area contributed by atoms with Crippen molar-refractivity contribution in [2.45, 2.75) is 26.2 Å². The van der Waals surface area contributed by atoms with Crippen molar-refractivity contribution in [3.8, 4) is 11.1 Å². The van der Waals surface area contributed by atoms with Gasteiger partial charge in [-0.05, 0) is 55.5 Å². The highest BCUT2D eigenvalue weighted by Crippen LogP contribution is 2.36. The lowest BCUT2D eigenvalue weighted by Crippen LogP contribution is -2.51. The van der Waals surface area contributed by atoms with E-state index in [1.807, 2.05) is 42.2 Å². The number of aromatic nitrogens is 1. The van der Waals surface area contributed by atoms with E-state index in [2.05, 4.69) is 10.3 Å². The second-order valence-electron chi connectivity index (χ2n) is 8.52. The molecular formula is C27H28FN3O2. The average Bonchev–Trinajstić information content (AvgIpc) is 2.86. The average molecular weight is 446 g/mol. The Morgan fingerprint density at radius 3 is 2.30 bits per heavy atom. The van der Waals surface area contributed by atoms with E-state index >= 15 is 0 Å². The van der Waals surface area contributed by atoms with Crippen molar-refractivity contribution in [3.05, 3.63) is 90.0 Å². The highest BCUT2D eigenvalue weighted by atomic mass is 19.1. The number of amides is 2. The number of pyridine rings is 1. The van der Waals surface area contributed by atoms with E-state index < -0.39 is 5.41 Å². The number of nitrogens with one attached hydrogen (secondary N) is 1. The number of rotatable bonds is 6. The maximum atomic E-state index is 14.1. The van der Waals surface area contributed by atoms with Crippen LogP contribution in [-0.4, -0.2) is 41.3 Å². The molecule has 4 rings (SSSR count). The molecule has 2 aromatic carbocycles. The Hall–Kier alpha value is -3.54. The van der Waals surface area contributed by atoms with Crippen LogP contribution in [-0.2, 0) is 11.2 Å². The van der Waals surface area contributed by atoms with Gasteiger partial charge in [-0.25, -0.2) is 4.39 Å². The second-order valence-corrected chi connectivity index (χ2v) is 8.52. The van der Waals surface area contributed by atoms with Gasteiger partial charge in [0.1, 0.15) is 5.82 Å². The normalized spacial score (nSPS) is 15.2. The van der Waals surface area contributed by atoms with Crippen molar-refractivity contribution in [2.75, 3.05) is 19.6 Å².